The van der Waals surface area contributed by atoms with Crippen molar-refractivity contribution in [1.29, 1.82) is 0 Å². The number of amides is 2. The van der Waals surface area contributed by atoms with Gasteiger partial charge in [-0.2, -0.15) is 16.5 Å². The molecular formula is C20H29N3O4S2. The van der Waals surface area contributed by atoms with Crippen molar-refractivity contribution in [3.8, 4) is 0 Å². The van der Waals surface area contributed by atoms with Crippen LogP contribution in [-0.2, 0) is 19.6 Å². The Morgan fingerprint density at radius 3 is 2.55 bits per heavy atom. The van der Waals surface area contributed by atoms with Crippen molar-refractivity contribution in [2.75, 3.05) is 31.6 Å². The van der Waals surface area contributed by atoms with Crippen molar-refractivity contribution in [1.82, 2.24) is 14.9 Å². The summed E-state index contributed by atoms with van der Waals surface area (Å²) in [6, 6.07) is 8.19. The molecule has 0 aromatic heterocycles. The third kappa shape index (κ3) is 8.59. The van der Waals surface area contributed by atoms with Crippen LogP contribution in [0.2, 0.25) is 0 Å². The van der Waals surface area contributed by atoms with E-state index in [9.17, 15) is 18.0 Å². The molecule has 1 fully saturated rings. The maximum absolute atomic E-state index is 12.5. The highest BCUT2D eigenvalue weighted by atomic mass is 32.2. The van der Waals surface area contributed by atoms with Crippen molar-refractivity contribution in [3.05, 3.63) is 41.3 Å². The van der Waals surface area contributed by atoms with Crippen molar-refractivity contribution < 1.29 is 18.0 Å². The fourth-order valence-corrected chi connectivity index (χ4v) is 4.50. The second-order valence-corrected chi connectivity index (χ2v) is 9.42. The summed E-state index contributed by atoms with van der Waals surface area (Å²) in [5.41, 5.74) is 0.753. The summed E-state index contributed by atoms with van der Waals surface area (Å²) in [6.45, 7) is 1.75. The minimum atomic E-state index is -3.78. The number of rotatable bonds is 11. The largest absolute Gasteiger partial charge is 0.354 e. The molecule has 1 unspecified atom stereocenters. The van der Waals surface area contributed by atoms with E-state index in [2.05, 4.69) is 10.0 Å². The third-order valence-corrected chi connectivity index (χ3v) is 6.32. The van der Waals surface area contributed by atoms with Gasteiger partial charge in [0.15, 0.2) is 0 Å². The highest BCUT2D eigenvalue weighted by Gasteiger charge is 2.23. The Bertz CT molecular complexity index is 791. The van der Waals surface area contributed by atoms with Gasteiger partial charge in [-0.05, 0) is 42.9 Å². The Kier molecular flexibility index (Phi) is 9.69. The monoisotopic (exact) mass is 439 g/mol. The number of thioether (sulfide) groups is 1. The number of carbonyl (C=O) groups excluding carboxylic acids is 2. The molecule has 2 amide bonds. The lowest BCUT2D eigenvalue weighted by atomic mass is 10.2. The summed E-state index contributed by atoms with van der Waals surface area (Å²) in [7, 11) is -3.78. The Morgan fingerprint density at radius 2 is 1.90 bits per heavy atom. The summed E-state index contributed by atoms with van der Waals surface area (Å²) >= 11 is 1.54. The zero-order valence-electron chi connectivity index (χ0n) is 16.7. The standard InChI is InChI=1S/C20H29N3O4S2/c1-28-15-10-18(20(25)21-12-9-19(24)23-13-5-6-14-23)22-29(26,27)16-11-17-7-3-2-4-8-17/h2-4,7-8,11,16,18,22H,5-6,9-10,12-15H2,1H3,(H,21,25). The van der Waals surface area contributed by atoms with Crippen LogP contribution in [0.4, 0.5) is 0 Å². The van der Waals surface area contributed by atoms with Crippen molar-refractivity contribution in [2.45, 2.75) is 31.7 Å². The maximum atomic E-state index is 12.5. The van der Waals surface area contributed by atoms with Gasteiger partial charge in [-0.25, -0.2) is 8.42 Å². The molecule has 29 heavy (non-hydrogen) atoms. The Labute approximate surface area is 177 Å². The summed E-state index contributed by atoms with van der Waals surface area (Å²) < 4.78 is 27.2. The van der Waals surface area contributed by atoms with Crippen LogP contribution in [-0.4, -0.2) is 62.8 Å². The molecule has 1 atom stereocenters. The normalized spacial score (nSPS) is 15.6. The molecule has 1 aromatic rings. The van der Waals surface area contributed by atoms with Gasteiger partial charge in [0.05, 0.1) is 0 Å². The first-order valence-corrected chi connectivity index (χ1v) is 12.6. The lowest BCUT2D eigenvalue weighted by Crippen LogP contribution is -2.47. The molecule has 7 nitrogen and oxygen atoms in total. The highest BCUT2D eigenvalue weighted by Crippen LogP contribution is 2.09. The van der Waals surface area contributed by atoms with Crippen LogP contribution in [0, 0.1) is 0 Å². The molecule has 2 rings (SSSR count). The predicted molar refractivity (Wildman–Crippen MR) is 118 cm³/mol. The minimum Gasteiger partial charge on any atom is -0.354 e. The average molecular weight is 440 g/mol. The van der Waals surface area contributed by atoms with Crippen LogP contribution < -0.4 is 10.0 Å². The molecular weight excluding hydrogens is 410 g/mol. The van der Waals surface area contributed by atoms with E-state index in [0.717, 1.165) is 36.9 Å². The van der Waals surface area contributed by atoms with Crippen LogP contribution in [0.1, 0.15) is 31.2 Å². The number of likely N-dealkylation sites (tertiary alicyclic amines) is 1. The highest BCUT2D eigenvalue weighted by molar-refractivity contribution is 7.98. The van der Waals surface area contributed by atoms with Gasteiger partial charge in [-0.15, -0.1) is 0 Å². The zero-order chi connectivity index (χ0) is 21.1. The second-order valence-electron chi connectivity index (χ2n) is 6.84. The number of hydrogen-bond donors (Lipinski definition) is 2. The first-order chi connectivity index (χ1) is 13.9. The van der Waals surface area contributed by atoms with E-state index < -0.39 is 22.0 Å². The van der Waals surface area contributed by atoms with E-state index in [1.165, 1.54) is 17.8 Å². The fourth-order valence-electron chi connectivity index (χ4n) is 2.99. The van der Waals surface area contributed by atoms with Crippen molar-refractivity contribution in [3.63, 3.8) is 0 Å². The molecule has 0 bridgehead atoms. The van der Waals surface area contributed by atoms with Crippen LogP contribution in [0.15, 0.2) is 35.7 Å². The van der Waals surface area contributed by atoms with E-state index >= 15 is 0 Å². The molecule has 0 aliphatic carbocycles. The topological polar surface area (TPSA) is 95.6 Å². The van der Waals surface area contributed by atoms with Crippen LogP contribution in [0.5, 0.6) is 0 Å². The van der Waals surface area contributed by atoms with Gasteiger partial charge in [0.2, 0.25) is 21.8 Å². The number of nitrogens with zero attached hydrogens (tertiary/aromatic N) is 1. The molecule has 160 valence electrons. The number of sulfonamides is 1. The smallest absolute Gasteiger partial charge is 0.238 e. The molecule has 0 radical (unpaired) electrons. The molecule has 9 heteroatoms. The van der Waals surface area contributed by atoms with Gasteiger partial charge in [0.1, 0.15) is 6.04 Å². The van der Waals surface area contributed by atoms with Crippen LogP contribution in [0.25, 0.3) is 6.08 Å². The number of nitrogens with one attached hydrogen (secondary N) is 2. The molecule has 0 saturated carbocycles. The van der Waals surface area contributed by atoms with E-state index in [4.69, 9.17) is 0 Å². The Balaban J connectivity index is 1.89. The SMILES string of the molecule is CSCCC(NS(=O)(=O)C=Cc1ccccc1)C(=O)NCCC(=O)N1CCCC1. The summed E-state index contributed by atoms with van der Waals surface area (Å²) in [6.07, 6.45) is 6.02. The van der Waals surface area contributed by atoms with Crippen molar-refractivity contribution >= 4 is 39.7 Å². The first kappa shape index (κ1) is 23.4. The fraction of sp³-hybridized carbons (Fsp3) is 0.500. The lowest BCUT2D eigenvalue weighted by molar-refractivity contribution is -0.130. The second kappa shape index (κ2) is 12.0. The van der Waals surface area contributed by atoms with Crippen LogP contribution >= 0.6 is 11.8 Å². The lowest BCUT2D eigenvalue weighted by Gasteiger charge is -2.18. The van der Waals surface area contributed by atoms with E-state index in [0.29, 0.717) is 12.2 Å². The Morgan fingerprint density at radius 1 is 1.21 bits per heavy atom. The van der Waals surface area contributed by atoms with Crippen LogP contribution in [0.3, 0.4) is 0 Å². The molecule has 1 aliphatic heterocycles. The molecule has 1 heterocycles. The van der Waals surface area contributed by atoms with E-state index in [1.54, 1.807) is 17.0 Å². The molecule has 1 aliphatic rings. The number of hydrogen-bond acceptors (Lipinski definition) is 5. The van der Waals surface area contributed by atoms with Gasteiger partial charge in [-0.1, -0.05) is 30.3 Å². The van der Waals surface area contributed by atoms with E-state index in [1.807, 2.05) is 24.5 Å². The molecule has 1 saturated heterocycles. The number of benzene rings is 1. The van der Waals surface area contributed by atoms with Gasteiger partial charge in [0, 0.05) is 31.5 Å². The van der Waals surface area contributed by atoms with Gasteiger partial charge < -0.3 is 10.2 Å². The van der Waals surface area contributed by atoms with Gasteiger partial charge in [-0.3, -0.25) is 9.59 Å². The summed E-state index contributed by atoms with van der Waals surface area (Å²) in [5.74, 6) is 0.246. The summed E-state index contributed by atoms with van der Waals surface area (Å²) in [5, 5.41) is 3.76. The maximum Gasteiger partial charge on any atom is 0.238 e. The number of carbonyl (C=O) groups is 2. The molecule has 0 spiro atoms. The minimum absolute atomic E-state index is 0.0230. The van der Waals surface area contributed by atoms with E-state index in [-0.39, 0.29) is 18.9 Å². The van der Waals surface area contributed by atoms with Gasteiger partial charge in [0.25, 0.3) is 0 Å². The first-order valence-electron chi connectivity index (χ1n) is 9.71. The van der Waals surface area contributed by atoms with Gasteiger partial charge >= 0.3 is 0 Å². The average Bonchev–Trinajstić information content (AvgIpc) is 3.25. The third-order valence-electron chi connectivity index (χ3n) is 4.57. The predicted octanol–water partition coefficient (Wildman–Crippen LogP) is 1.83. The zero-order valence-corrected chi connectivity index (χ0v) is 18.3. The molecule has 2 N–H and O–H groups in total. The van der Waals surface area contributed by atoms with Crippen molar-refractivity contribution in [2.24, 2.45) is 0 Å². The Hall–Kier alpha value is -1.84. The quantitative estimate of drug-likeness (QED) is 0.548. The summed E-state index contributed by atoms with van der Waals surface area (Å²) in [4.78, 5) is 26.4. The molecule has 1 aromatic carbocycles.